The molecule has 9 heteroatoms. The summed E-state index contributed by atoms with van der Waals surface area (Å²) >= 11 is 5.44. The van der Waals surface area contributed by atoms with Crippen molar-refractivity contribution in [3.05, 3.63) is 88.3 Å². The highest BCUT2D eigenvalue weighted by Gasteiger charge is 2.09. The van der Waals surface area contributed by atoms with Gasteiger partial charge in [-0.25, -0.2) is 4.98 Å². The first-order chi connectivity index (χ1) is 15.5. The van der Waals surface area contributed by atoms with Gasteiger partial charge < -0.3 is 16.0 Å². The van der Waals surface area contributed by atoms with Crippen LogP contribution in [0, 0.1) is 13.8 Å². The van der Waals surface area contributed by atoms with Gasteiger partial charge >= 0.3 is 0 Å². The summed E-state index contributed by atoms with van der Waals surface area (Å²) in [6.45, 7) is 3.53. The first kappa shape index (κ1) is 21.1. The molecule has 0 aliphatic rings. The molecule has 0 saturated heterocycles. The SMILES string of the molecule is Cc1nc(Nc2ccccc2NC(=S)Nc2ccc(-c3ccccc3)nn2)[nH]c(=O)c1C. The van der Waals surface area contributed by atoms with Gasteiger partial charge in [0.1, 0.15) is 0 Å². The molecule has 0 aliphatic heterocycles. The molecular weight excluding hydrogens is 422 g/mol. The lowest BCUT2D eigenvalue weighted by atomic mass is 10.1. The van der Waals surface area contributed by atoms with Crippen molar-refractivity contribution in [1.29, 1.82) is 0 Å². The number of aryl methyl sites for hydroxylation is 1. The van der Waals surface area contributed by atoms with Gasteiger partial charge in [-0.1, -0.05) is 42.5 Å². The lowest BCUT2D eigenvalue weighted by Gasteiger charge is -2.15. The number of nitrogens with one attached hydrogen (secondary N) is 4. The van der Waals surface area contributed by atoms with Gasteiger partial charge in [0.2, 0.25) is 5.95 Å². The maximum absolute atomic E-state index is 12.0. The molecule has 0 amide bonds. The molecule has 0 radical (unpaired) electrons. The average molecular weight is 444 g/mol. The van der Waals surface area contributed by atoms with Crippen molar-refractivity contribution in [3.8, 4) is 11.3 Å². The van der Waals surface area contributed by atoms with E-state index in [1.54, 1.807) is 13.8 Å². The topological polar surface area (TPSA) is 108 Å². The van der Waals surface area contributed by atoms with E-state index in [4.69, 9.17) is 12.2 Å². The molecule has 0 saturated carbocycles. The van der Waals surface area contributed by atoms with E-state index in [1.165, 1.54) is 0 Å². The number of hydrogen-bond donors (Lipinski definition) is 4. The summed E-state index contributed by atoms with van der Waals surface area (Å²) in [7, 11) is 0. The Morgan fingerprint density at radius 2 is 1.59 bits per heavy atom. The maximum atomic E-state index is 12.0. The van der Waals surface area contributed by atoms with Crippen molar-refractivity contribution < 1.29 is 0 Å². The Kier molecular flexibility index (Phi) is 6.18. The molecule has 0 spiro atoms. The molecule has 0 atom stereocenters. The van der Waals surface area contributed by atoms with Gasteiger partial charge in [-0.15, -0.1) is 10.2 Å². The standard InChI is InChI=1S/C23H21N7OS/c1-14-15(2)24-22(28-21(14)31)25-18-10-6-7-11-19(18)26-23(32)27-20-13-12-17(29-30-20)16-8-4-3-5-9-16/h3-13H,1-2H3,(H2,24,25,28,31)(H2,26,27,30,32). The quantitative estimate of drug-likeness (QED) is 0.336. The third kappa shape index (κ3) is 4.96. The van der Waals surface area contributed by atoms with Crippen LogP contribution < -0.4 is 21.5 Å². The van der Waals surface area contributed by atoms with Crippen LogP contribution in [-0.2, 0) is 0 Å². The summed E-state index contributed by atoms with van der Waals surface area (Å²) in [5.41, 5.74) is 4.25. The van der Waals surface area contributed by atoms with Gasteiger partial charge in [0.05, 0.1) is 17.1 Å². The van der Waals surface area contributed by atoms with E-state index < -0.39 is 0 Å². The summed E-state index contributed by atoms with van der Waals surface area (Å²) in [5.74, 6) is 0.876. The van der Waals surface area contributed by atoms with Gasteiger partial charge in [0, 0.05) is 16.8 Å². The number of rotatable bonds is 5. The fourth-order valence-corrected chi connectivity index (χ4v) is 3.18. The number of hydrogen-bond acceptors (Lipinski definition) is 6. The highest BCUT2D eigenvalue weighted by atomic mass is 32.1. The Balaban J connectivity index is 1.45. The Bertz CT molecular complexity index is 1300. The van der Waals surface area contributed by atoms with E-state index in [0.717, 1.165) is 11.3 Å². The molecule has 2 heterocycles. The van der Waals surface area contributed by atoms with E-state index in [1.807, 2.05) is 66.7 Å². The van der Waals surface area contributed by atoms with Gasteiger partial charge in [-0.2, -0.15) is 0 Å². The van der Waals surface area contributed by atoms with Crippen molar-refractivity contribution in [2.75, 3.05) is 16.0 Å². The zero-order valence-electron chi connectivity index (χ0n) is 17.5. The van der Waals surface area contributed by atoms with E-state index in [0.29, 0.717) is 39.5 Å². The van der Waals surface area contributed by atoms with Crippen LogP contribution in [0.1, 0.15) is 11.3 Å². The first-order valence-corrected chi connectivity index (χ1v) is 10.3. The highest BCUT2D eigenvalue weighted by Crippen LogP contribution is 2.24. The Hall–Kier alpha value is -4.11. The van der Waals surface area contributed by atoms with Crippen LogP contribution in [0.5, 0.6) is 0 Å². The molecule has 2 aromatic carbocycles. The fourth-order valence-electron chi connectivity index (χ4n) is 2.96. The lowest BCUT2D eigenvalue weighted by molar-refractivity contribution is 1.03. The number of benzene rings is 2. The lowest BCUT2D eigenvalue weighted by Crippen LogP contribution is -2.21. The molecule has 8 nitrogen and oxygen atoms in total. The molecule has 0 fully saturated rings. The third-order valence-corrected chi connectivity index (χ3v) is 5.00. The van der Waals surface area contributed by atoms with Gasteiger partial charge in [-0.3, -0.25) is 9.78 Å². The van der Waals surface area contributed by atoms with Crippen molar-refractivity contribution in [3.63, 3.8) is 0 Å². The van der Waals surface area contributed by atoms with Crippen molar-refractivity contribution in [1.82, 2.24) is 20.2 Å². The van der Waals surface area contributed by atoms with Gasteiger partial charge in [0.15, 0.2) is 10.9 Å². The summed E-state index contributed by atoms with van der Waals surface area (Å²) < 4.78 is 0. The Labute approximate surface area is 190 Å². The molecule has 0 aliphatic carbocycles. The number of para-hydroxylation sites is 2. The highest BCUT2D eigenvalue weighted by molar-refractivity contribution is 7.80. The minimum Gasteiger partial charge on any atom is -0.331 e. The van der Waals surface area contributed by atoms with Crippen LogP contribution in [0.15, 0.2) is 71.5 Å². The summed E-state index contributed by atoms with van der Waals surface area (Å²) in [5, 5.41) is 18.1. The molecule has 32 heavy (non-hydrogen) atoms. The predicted octanol–water partition coefficient (Wildman–Crippen LogP) is 4.40. The Morgan fingerprint density at radius 3 is 2.28 bits per heavy atom. The number of anilines is 4. The molecule has 4 aromatic rings. The zero-order chi connectivity index (χ0) is 22.5. The van der Waals surface area contributed by atoms with E-state index in [2.05, 4.69) is 36.1 Å². The van der Waals surface area contributed by atoms with Crippen LogP contribution in [0.25, 0.3) is 11.3 Å². The molecule has 0 unspecified atom stereocenters. The van der Waals surface area contributed by atoms with E-state index in [9.17, 15) is 4.79 Å². The van der Waals surface area contributed by atoms with Crippen molar-refractivity contribution in [2.24, 2.45) is 0 Å². The van der Waals surface area contributed by atoms with E-state index in [-0.39, 0.29) is 5.56 Å². The molecule has 4 N–H and O–H groups in total. The van der Waals surface area contributed by atoms with Crippen LogP contribution >= 0.6 is 12.2 Å². The van der Waals surface area contributed by atoms with E-state index >= 15 is 0 Å². The van der Waals surface area contributed by atoms with Crippen molar-refractivity contribution >= 4 is 40.5 Å². The number of nitrogens with zero attached hydrogens (tertiary/aromatic N) is 3. The third-order valence-electron chi connectivity index (χ3n) is 4.80. The Morgan fingerprint density at radius 1 is 0.875 bits per heavy atom. The smallest absolute Gasteiger partial charge is 0.255 e. The monoisotopic (exact) mass is 443 g/mol. The average Bonchev–Trinajstić information content (AvgIpc) is 2.80. The largest absolute Gasteiger partial charge is 0.331 e. The molecule has 0 bridgehead atoms. The minimum atomic E-state index is -0.180. The van der Waals surface area contributed by atoms with Crippen LogP contribution in [-0.4, -0.2) is 25.3 Å². The molecule has 4 rings (SSSR count). The summed E-state index contributed by atoms with van der Waals surface area (Å²) in [6, 6.07) is 21.0. The second kappa shape index (κ2) is 9.36. The minimum absolute atomic E-state index is 0.180. The number of aromatic amines is 1. The first-order valence-electron chi connectivity index (χ1n) is 9.90. The van der Waals surface area contributed by atoms with Crippen LogP contribution in [0.3, 0.4) is 0 Å². The molecule has 2 aromatic heterocycles. The van der Waals surface area contributed by atoms with Gasteiger partial charge in [0.25, 0.3) is 5.56 Å². The van der Waals surface area contributed by atoms with Gasteiger partial charge in [-0.05, 0) is 50.3 Å². The second-order valence-electron chi connectivity index (χ2n) is 7.04. The number of H-pyrrole nitrogens is 1. The second-order valence-corrected chi connectivity index (χ2v) is 7.45. The normalized spacial score (nSPS) is 10.4. The maximum Gasteiger partial charge on any atom is 0.255 e. The zero-order valence-corrected chi connectivity index (χ0v) is 18.3. The molecular formula is C23H21N7OS. The predicted molar refractivity (Wildman–Crippen MR) is 131 cm³/mol. The summed E-state index contributed by atoms with van der Waals surface area (Å²) in [4.78, 5) is 19.2. The van der Waals surface area contributed by atoms with Crippen LogP contribution in [0.4, 0.5) is 23.1 Å². The number of thiocarbonyl (C=S) groups is 1. The van der Waals surface area contributed by atoms with Crippen molar-refractivity contribution in [2.45, 2.75) is 13.8 Å². The fraction of sp³-hybridized carbons (Fsp3) is 0.0870. The molecule has 160 valence electrons. The van der Waals surface area contributed by atoms with Crippen LogP contribution in [0.2, 0.25) is 0 Å². The number of aromatic nitrogens is 4. The summed E-state index contributed by atoms with van der Waals surface area (Å²) in [6.07, 6.45) is 0.